The van der Waals surface area contributed by atoms with Crippen molar-refractivity contribution in [3.05, 3.63) is 65.0 Å². The minimum Gasteiger partial charge on any atom is -0.493 e. The molecule has 234 valence electrons. The highest BCUT2D eigenvalue weighted by atomic mass is 31.2. The van der Waals surface area contributed by atoms with Crippen LogP contribution in [0.15, 0.2) is 47.5 Å². The lowest BCUT2D eigenvalue weighted by atomic mass is 9.93. The summed E-state index contributed by atoms with van der Waals surface area (Å²) in [5.74, 6) is -0.0840. The maximum absolute atomic E-state index is 14.0. The van der Waals surface area contributed by atoms with Crippen molar-refractivity contribution in [3.63, 3.8) is 0 Å². The van der Waals surface area contributed by atoms with Crippen molar-refractivity contribution < 1.29 is 40.6 Å². The zero-order valence-corrected chi connectivity index (χ0v) is 26.3. The molecule has 1 aliphatic rings. The first kappa shape index (κ1) is 34.2. The maximum atomic E-state index is 14.0. The lowest BCUT2D eigenvalue weighted by Gasteiger charge is -2.32. The smallest absolute Gasteiger partial charge is 0.419 e. The van der Waals surface area contributed by atoms with Gasteiger partial charge in [-0.1, -0.05) is 18.2 Å². The van der Waals surface area contributed by atoms with E-state index in [1.54, 1.807) is 25.1 Å². The molecule has 1 heterocycles. The van der Waals surface area contributed by atoms with Crippen molar-refractivity contribution >= 4 is 14.5 Å². The highest BCUT2D eigenvalue weighted by Crippen LogP contribution is 2.48. The number of nitrogens with zero attached hydrogens (tertiary/aromatic N) is 1. The highest BCUT2D eigenvalue weighted by Gasteiger charge is 2.39. The Balaban J connectivity index is 1.67. The van der Waals surface area contributed by atoms with Gasteiger partial charge in [-0.05, 0) is 103 Å². The van der Waals surface area contributed by atoms with Crippen molar-refractivity contribution in [3.8, 4) is 5.75 Å². The number of benzene rings is 2. The summed E-state index contributed by atoms with van der Waals surface area (Å²) in [6.45, 7) is 13.6. The number of halogens is 4. The van der Waals surface area contributed by atoms with Gasteiger partial charge in [-0.15, -0.1) is 0 Å². The van der Waals surface area contributed by atoms with Crippen molar-refractivity contribution in [2.45, 2.75) is 97.1 Å². The van der Waals surface area contributed by atoms with Crippen LogP contribution < -0.4 is 4.74 Å². The second-order valence-electron chi connectivity index (χ2n) is 12.5. The molecule has 0 radical (unpaired) electrons. The summed E-state index contributed by atoms with van der Waals surface area (Å²) in [4.78, 5) is 4.67. The van der Waals surface area contributed by atoms with Gasteiger partial charge in [0.05, 0.1) is 30.0 Å². The minimum atomic E-state index is -4.59. The topological polar surface area (TPSA) is 58.5 Å². The Morgan fingerprint density at radius 2 is 1.60 bits per heavy atom. The van der Waals surface area contributed by atoms with Gasteiger partial charge in [0.15, 0.2) is 5.90 Å². The van der Waals surface area contributed by atoms with Gasteiger partial charge in [-0.3, -0.25) is 0 Å². The van der Waals surface area contributed by atoms with E-state index in [1.165, 1.54) is 18.2 Å². The molecule has 2 aromatic carbocycles. The van der Waals surface area contributed by atoms with Gasteiger partial charge < -0.3 is 23.0 Å². The van der Waals surface area contributed by atoms with E-state index in [9.17, 15) is 17.6 Å². The molecule has 11 heteroatoms. The van der Waals surface area contributed by atoms with E-state index >= 15 is 0 Å². The number of hydrogen-bond acceptors (Lipinski definition) is 6. The van der Waals surface area contributed by atoms with Gasteiger partial charge in [0.25, 0.3) is 0 Å². The van der Waals surface area contributed by atoms with Crippen LogP contribution in [0, 0.1) is 5.82 Å². The van der Waals surface area contributed by atoms with Crippen LogP contribution in [0.1, 0.15) is 78.0 Å². The summed E-state index contributed by atoms with van der Waals surface area (Å²) in [6.07, 6.45) is -2.95. The average molecular weight is 616 g/mol. The quantitative estimate of drug-likeness (QED) is 0.128. The maximum Gasteiger partial charge on any atom is 0.419 e. The van der Waals surface area contributed by atoms with Gasteiger partial charge in [0, 0.05) is 6.92 Å². The zero-order valence-electron chi connectivity index (χ0n) is 25.4. The third-order valence-electron chi connectivity index (χ3n) is 6.06. The van der Waals surface area contributed by atoms with E-state index in [0.29, 0.717) is 37.1 Å². The van der Waals surface area contributed by atoms with Crippen LogP contribution in [0.2, 0.25) is 0 Å². The Hall–Kier alpha value is -2.26. The van der Waals surface area contributed by atoms with E-state index in [0.717, 1.165) is 11.6 Å². The van der Waals surface area contributed by atoms with Crippen LogP contribution in [-0.4, -0.2) is 42.5 Å². The third-order valence-corrected chi connectivity index (χ3v) is 7.80. The summed E-state index contributed by atoms with van der Waals surface area (Å²) in [6, 6.07) is 10.2. The number of ether oxygens (including phenoxy) is 2. The molecule has 0 bridgehead atoms. The number of aryl methyl sites for hydroxylation is 2. The Labute approximate surface area is 247 Å². The Kier molecular flexibility index (Phi) is 11.4. The molecule has 42 heavy (non-hydrogen) atoms. The van der Waals surface area contributed by atoms with Gasteiger partial charge in [-0.25, -0.2) is 9.38 Å². The lowest BCUT2D eigenvalue weighted by Crippen LogP contribution is -2.35. The molecule has 0 fully saturated rings. The fourth-order valence-corrected chi connectivity index (χ4v) is 5.59. The normalized spacial score (nSPS) is 17.9. The fraction of sp³-hybridized carbons (Fsp3) is 0.581. The number of alkyl halides is 3. The standard InChI is InChI=1S/C31H42F4NO5P/c1-22-36-30(20-38-22,21-39-42(40-28(2,3)4)41-29(5,6)7)16-15-24-13-14-27(26(19-24)31(33,34)35)37-17-9-11-23-10-8-12-25(32)18-23/h8,10,12-14,18-19H,9,11,15-17,20-21H2,1-7H3. The summed E-state index contributed by atoms with van der Waals surface area (Å²) < 4.78 is 84.7. The first-order valence-electron chi connectivity index (χ1n) is 14.0. The summed E-state index contributed by atoms with van der Waals surface area (Å²) in [5.41, 5.74) is -1.39. The third kappa shape index (κ3) is 11.4. The highest BCUT2D eigenvalue weighted by molar-refractivity contribution is 7.41. The zero-order chi connectivity index (χ0) is 31.2. The monoisotopic (exact) mass is 615 g/mol. The summed E-state index contributed by atoms with van der Waals surface area (Å²) in [5, 5.41) is 0. The molecule has 3 rings (SSSR count). The Morgan fingerprint density at radius 3 is 2.17 bits per heavy atom. The fourth-order valence-electron chi connectivity index (χ4n) is 4.21. The van der Waals surface area contributed by atoms with Crippen LogP contribution >= 0.6 is 8.60 Å². The number of hydrogen-bond donors (Lipinski definition) is 0. The van der Waals surface area contributed by atoms with E-state index in [1.807, 2.05) is 41.5 Å². The van der Waals surface area contributed by atoms with E-state index in [-0.39, 0.29) is 31.4 Å². The molecule has 0 spiro atoms. The Morgan fingerprint density at radius 1 is 0.929 bits per heavy atom. The Bertz CT molecular complexity index is 1190. The first-order valence-corrected chi connectivity index (χ1v) is 15.1. The summed E-state index contributed by atoms with van der Waals surface area (Å²) in [7, 11) is -1.72. The predicted molar refractivity (Wildman–Crippen MR) is 156 cm³/mol. The molecule has 0 saturated carbocycles. The molecule has 1 aliphatic heterocycles. The van der Waals surface area contributed by atoms with Gasteiger partial charge in [-0.2, -0.15) is 13.2 Å². The molecule has 0 amide bonds. The van der Waals surface area contributed by atoms with Crippen molar-refractivity contribution in [1.29, 1.82) is 0 Å². The minimum absolute atomic E-state index is 0.0704. The number of rotatable bonds is 13. The van der Waals surface area contributed by atoms with E-state index in [2.05, 4.69) is 4.99 Å². The van der Waals surface area contributed by atoms with Crippen molar-refractivity contribution in [2.24, 2.45) is 4.99 Å². The van der Waals surface area contributed by atoms with E-state index < -0.39 is 37.1 Å². The lowest BCUT2D eigenvalue weighted by molar-refractivity contribution is -0.139. The van der Waals surface area contributed by atoms with Crippen LogP contribution in [0.3, 0.4) is 0 Å². The second kappa shape index (κ2) is 14.0. The molecule has 1 unspecified atom stereocenters. The molecule has 0 aliphatic carbocycles. The number of aliphatic imine (C=N–C) groups is 1. The molecule has 6 nitrogen and oxygen atoms in total. The largest absolute Gasteiger partial charge is 0.493 e. The molecular weight excluding hydrogens is 573 g/mol. The van der Waals surface area contributed by atoms with Crippen LogP contribution in [0.25, 0.3) is 0 Å². The van der Waals surface area contributed by atoms with Crippen molar-refractivity contribution in [1.82, 2.24) is 0 Å². The summed E-state index contributed by atoms with van der Waals surface area (Å²) >= 11 is 0. The SMILES string of the molecule is CC1=NC(CCc2ccc(OCCCc3cccc(F)c3)c(C(F)(F)F)c2)(COP(OC(C)(C)C)OC(C)(C)C)CO1. The first-order chi connectivity index (χ1) is 19.4. The molecule has 1 atom stereocenters. The van der Waals surface area contributed by atoms with E-state index in [4.69, 9.17) is 23.0 Å². The molecule has 0 aromatic heterocycles. The molecule has 0 saturated heterocycles. The van der Waals surface area contributed by atoms with Gasteiger partial charge in [0.1, 0.15) is 23.7 Å². The van der Waals surface area contributed by atoms with Crippen molar-refractivity contribution in [2.75, 3.05) is 19.8 Å². The van der Waals surface area contributed by atoms with Gasteiger partial charge >= 0.3 is 14.8 Å². The van der Waals surface area contributed by atoms with Crippen LogP contribution in [0.4, 0.5) is 17.6 Å². The van der Waals surface area contributed by atoms with Gasteiger partial charge in [0.2, 0.25) is 0 Å². The molecular formula is C31H42F4NO5P. The molecule has 0 N–H and O–H groups in total. The van der Waals surface area contributed by atoms with Crippen LogP contribution in [-0.2, 0) is 37.3 Å². The van der Waals surface area contributed by atoms with Crippen LogP contribution in [0.5, 0.6) is 5.75 Å². The molecule has 2 aromatic rings. The average Bonchev–Trinajstić information content (AvgIpc) is 3.23. The predicted octanol–water partition coefficient (Wildman–Crippen LogP) is 8.85. The second-order valence-corrected chi connectivity index (χ2v) is 13.5.